The van der Waals surface area contributed by atoms with Crippen molar-refractivity contribution >= 4 is 28.4 Å². The van der Waals surface area contributed by atoms with Crippen LogP contribution in [0.15, 0.2) is 24.5 Å². The molecule has 0 radical (unpaired) electrons. The molecule has 3 rings (SSSR count). The number of carbonyl (C=O) groups is 1. The summed E-state index contributed by atoms with van der Waals surface area (Å²) in [5.74, 6) is -0.0157. The zero-order valence-corrected chi connectivity index (χ0v) is 10.1. The van der Waals surface area contributed by atoms with E-state index in [1.165, 1.54) is 11.0 Å². The maximum absolute atomic E-state index is 12.1. The van der Waals surface area contributed by atoms with E-state index in [-0.39, 0.29) is 11.6 Å². The summed E-state index contributed by atoms with van der Waals surface area (Å²) >= 11 is 0. The van der Waals surface area contributed by atoms with E-state index in [9.17, 15) is 4.79 Å². The molecule has 96 valence electrons. The summed E-state index contributed by atoms with van der Waals surface area (Å²) in [7, 11) is 1.68. The first-order valence-corrected chi connectivity index (χ1v) is 5.54. The van der Waals surface area contributed by atoms with Gasteiger partial charge in [0.2, 0.25) is 5.95 Å². The second kappa shape index (κ2) is 4.09. The van der Waals surface area contributed by atoms with Crippen LogP contribution < -0.4 is 11.1 Å². The van der Waals surface area contributed by atoms with Gasteiger partial charge in [0.05, 0.1) is 5.52 Å². The predicted molar refractivity (Wildman–Crippen MR) is 69.5 cm³/mol. The lowest BCUT2D eigenvalue weighted by Crippen LogP contribution is -2.16. The number of nitrogens with one attached hydrogen (secondary N) is 2. The summed E-state index contributed by atoms with van der Waals surface area (Å²) < 4.78 is 1.46. The molecule has 3 aromatic rings. The number of carbonyl (C=O) groups excluding carboxylic acids is 1. The van der Waals surface area contributed by atoms with Gasteiger partial charge in [0.25, 0.3) is 5.91 Å². The maximum Gasteiger partial charge on any atom is 0.279 e. The number of aromatic amines is 1. The summed E-state index contributed by atoms with van der Waals surface area (Å²) in [6.45, 7) is 0. The van der Waals surface area contributed by atoms with E-state index in [0.29, 0.717) is 17.0 Å². The fraction of sp³-hybridized carbons (Fsp3) is 0.0909. The Labute approximate surface area is 107 Å². The van der Waals surface area contributed by atoms with Crippen molar-refractivity contribution in [3.8, 4) is 0 Å². The number of benzene rings is 1. The smallest absolute Gasteiger partial charge is 0.279 e. The third-order valence-corrected chi connectivity index (χ3v) is 2.74. The summed E-state index contributed by atoms with van der Waals surface area (Å²) in [4.78, 5) is 16.1. The average molecular weight is 257 g/mol. The Morgan fingerprint density at radius 1 is 1.47 bits per heavy atom. The minimum absolute atomic E-state index is 0.269. The van der Waals surface area contributed by atoms with Crippen molar-refractivity contribution < 1.29 is 4.79 Å². The number of aromatic nitrogens is 5. The number of fused-ring (bicyclic) bond motifs is 1. The van der Waals surface area contributed by atoms with Crippen molar-refractivity contribution in [2.75, 3.05) is 11.1 Å². The second-order valence-corrected chi connectivity index (χ2v) is 4.04. The molecule has 0 aliphatic heterocycles. The van der Waals surface area contributed by atoms with E-state index >= 15 is 0 Å². The van der Waals surface area contributed by atoms with Gasteiger partial charge in [-0.15, -0.1) is 0 Å². The van der Waals surface area contributed by atoms with Crippen LogP contribution in [0.3, 0.4) is 0 Å². The summed E-state index contributed by atoms with van der Waals surface area (Å²) in [5.41, 5.74) is 7.30. The number of nitrogen functional groups attached to an aromatic ring is 1. The van der Waals surface area contributed by atoms with Gasteiger partial charge in [-0.3, -0.25) is 15.2 Å². The van der Waals surface area contributed by atoms with Crippen molar-refractivity contribution in [2.24, 2.45) is 7.05 Å². The molecule has 0 saturated carbocycles. The number of H-pyrrole nitrogens is 1. The highest BCUT2D eigenvalue weighted by Gasteiger charge is 2.16. The lowest BCUT2D eigenvalue weighted by atomic mass is 10.2. The van der Waals surface area contributed by atoms with Crippen molar-refractivity contribution in [1.82, 2.24) is 25.0 Å². The van der Waals surface area contributed by atoms with Gasteiger partial charge in [-0.25, -0.2) is 4.68 Å². The minimum Gasteiger partial charge on any atom is -0.399 e. The third-order valence-electron chi connectivity index (χ3n) is 2.74. The van der Waals surface area contributed by atoms with Gasteiger partial charge < -0.3 is 5.73 Å². The van der Waals surface area contributed by atoms with Crippen LogP contribution in [-0.2, 0) is 7.05 Å². The quantitative estimate of drug-likeness (QED) is 0.579. The van der Waals surface area contributed by atoms with E-state index in [4.69, 9.17) is 5.73 Å². The van der Waals surface area contributed by atoms with Crippen molar-refractivity contribution in [3.05, 3.63) is 30.2 Å². The van der Waals surface area contributed by atoms with Crippen LogP contribution in [0.1, 0.15) is 10.5 Å². The largest absolute Gasteiger partial charge is 0.399 e. The first kappa shape index (κ1) is 11.2. The highest BCUT2D eigenvalue weighted by molar-refractivity contribution is 6.10. The Morgan fingerprint density at radius 2 is 2.32 bits per heavy atom. The predicted octanol–water partition coefficient (Wildman–Crippen LogP) is 0.526. The van der Waals surface area contributed by atoms with Gasteiger partial charge in [0, 0.05) is 18.1 Å². The second-order valence-electron chi connectivity index (χ2n) is 4.04. The normalized spacial score (nSPS) is 10.8. The fourth-order valence-electron chi connectivity index (χ4n) is 1.77. The zero-order valence-electron chi connectivity index (χ0n) is 10.1. The van der Waals surface area contributed by atoms with E-state index in [2.05, 4.69) is 25.6 Å². The number of hydrogen-bond acceptors (Lipinski definition) is 5. The Balaban J connectivity index is 1.98. The number of nitrogens with two attached hydrogens (primary N) is 1. The van der Waals surface area contributed by atoms with Crippen LogP contribution in [0.4, 0.5) is 11.6 Å². The number of anilines is 2. The molecule has 0 aliphatic carbocycles. The molecule has 0 spiro atoms. The first-order valence-electron chi connectivity index (χ1n) is 5.54. The van der Waals surface area contributed by atoms with Crippen molar-refractivity contribution in [3.63, 3.8) is 0 Å². The first-order chi connectivity index (χ1) is 9.15. The highest BCUT2D eigenvalue weighted by Crippen LogP contribution is 2.19. The monoisotopic (exact) mass is 257 g/mol. The molecule has 0 fully saturated rings. The molecule has 2 heterocycles. The summed E-state index contributed by atoms with van der Waals surface area (Å²) in [6.07, 6.45) is 1.36. The molecule has 0 bridgehead atoms. The van der Waals surface area contributed by atoms with Gasteiger partial charge in [-0.1, -0.05) is 0 Å². The number of aryl methyl sites for hydroxylation is 1. The Hall–Kier alpha value is -2.90. The molecule has 8 nitrogen and oxygen atoms in total. The SMILES string of the molecule is Cn1ncnc1NC(=O)c1n[nH]c2ccc(N)cc12. The van der Waals surface area contributed by atoms with Gasteiger partial charge in [0.1, 0.15) is 6.33 Å². The Kier molecular flexibility index (Phi) is 2.41. The van der Waals surface area contributed by atoms with Crippen LogP contribution in [-0.4, -0.2) is 30.9 Å². The number of nitrogens with zero attached hydrogens (tertiary/aromatic N) is 4. The number of rotatable bonds is 2. The molecular formula is C11H11N7O. The van der Waals surface area contributed by atoms with Crippen LogP contribution in [0, 0.1) is 0 Å². The molecule has 19 heavy (non-hydrogen) atoms. The van der Waals surface area contributed by atoms with E-state index in [1.807, 2.05) is 0 Å². The molecule has 0 atom stereocenters. The van der Waals surface area contributed by atoms with E-state index in [0.717, 1.165) is 5.52 Å². The zero-order chi connectivity index (χ0) is 13.4. The molecule has 0 saturated heterocycles. The number of amides is 1. The number of hydrogen-bond donors (Lipinski definition) is 3. The van der Waals surface area contributed by atoms with E-state index < -0.39 is 0 Å². The summed E-state index contributed by atoms with van der Waals surface area (Å²) in [5, 5.41) is 13.9. The maximum atomic E-state index is 12.1. The molecule has 8 heteroatoms. The topological polar surface area (TPSA) is 115 Å². The molecule has 0 aliphatic rings. The van der Waals surface area contributed by atoms with Crippen molar-refractivity contribution in [2.45, 2.75) is 0 Å². The molecule has 1 amide bonds. The molecule has 2 aromatic heterocycles. The fourth-order valence-corrected chi connectivity index (χ4v) is 1.77. The van der Waals surface area contributed by atoms with E-state index in [1.54, 1.807) is 25.2 Å². The van der Waals surface area contributed by atoms with Crippen LogP contribution in [0.5, 0.6) is 0 Å². The van der Waals surface area contributed by atoms with Crippen LogP contribution >= 0.6 is 0 Å². The van der Waals surface area contributed by atoms with Crippen LogP contribution in [0.25, 0.3) is 10.9 Å². The Morgan fingerprint density at radius 3 is 3.05 bits per heavy atom. The van der Waals surface area contributed by atoms with Crippen LogP contribution in [0.2, 0.25) is 0 Å². The lowest BCUT2D eigenvalue weighted by molar-refractivity contribution is 0.102. The van der Waals surface area contributed by atoms with Gasteiger partial charge in [0.15, 0.2) is 5.69 Å². The molecular weight excluding hydrogens is 246 g/mol. The van der Waals surface area contributed by atoms with Crippen molar-refractivity contribution in [1.29, 1.82) is 0 Å². The van der Waals surface area contributed by atoms with Gasteiger partial charge in [-0.05, 0) is 18.2 Å². The van der Waals surface area contributed by atoms with Gasteiger partial charge in [-0.2, -0.15) is 15.2 Å². The van der Waals surface area contributed by atoms with Gasteiger partial charge >= 0.3 is 0 Å². The molecule has 4 N–H and O–H groups in total. The minimum atomic E-state index is -0.368. The lowest BCUT2D eigenvalue weighted by Gasteiger charge is -2.01. The molecule has 0 unspecified atom stereocenters. The average Bonchev–Trinajstić information content (AvgIpc) is 2.96. The Bertz CT molecular complexity index is 757. The standard InChI is InChI=1S/C11H11N7O/c1-18-11(13-5-14-18)15-10(19)9-7-4-6(12)2-3-8(7)16-17-9/h2-5H,12H2,1H3,(H,16,17)(H,13,14,15,19). The third kappa shape index (κ3) is 1.88. The summed E-state index contributed by atoms with van der Waals surface area (Å²) in [6, 6.07) is 5.21. The molecule has 1 aromatic carbocycles. The highest BCUT2D eigenvalue weighted by atomic mass is 16.2.